The number of methoxy groups -OCH3 is 2. The van der Waals surface area contributed by atoms with Crippen LogP contribution in [0.2, 0.25) is 5.02 Å². The molecule has 0 fully saturated rings. The smallest absolute Gasteiger partial charge is 0.241 e. The van der Waals surface area contributed by atoms with E-state index in [9.17, 15) is 18.0 Å². The van der Waals surface area contributed by atoms with E-state index < -0.39 is 22.5 Å². The molecule has 0 bridgehead atoms. The van der Waals surface area contributed by atoms with Gasteiger partial charge in [0, 0.05) is 17.2 Å². The van der Waals surface area contributed by atoms with Gasteiger partial charge in [0.2, 0.25) is 22.6 Å². The minimum atomic E-state index is -4.13. The van der Waals surface area contributed by atoms with Crippen molar-refractivity contribution in [2.75, 3.05) is 14.2 Å². The van der Waals surface area contributed by atoms with Crippen LogP contribution in [0.5, 0.6) is 11.5 Å². The Kier molecular flexibility index (Phi) is 5.99. The third-order valence-electron chi connectivity index (χ3n) is 3.44. The van der Waals surface area contributed by atoms with Gasteiger partial charge in [-0.3, -0.25) is 9.59 Å². The lowest BCUT2D eigenvalue weighted by Crippen LogP contribution is -2.36. The topological polar surface area (TPSA) is 98.8 Å². The molecule has 2 aromatic rings. The number of hydrogen-bond donors (Lipinski definition) is 1. The summed E-state index contributed by atoms with van der Waals surface area (Å²) >= 11 is 6.30. The van der Waals surface area contributed by atoms with E-state index in [1.54, 1.807) is 6.07 Å². The highest BCUT2D eigenvalue weighted by molar-refractivity contribution is 7.89. The molecule has 132 valence electrons. The van der Waals surface area contributed by atoms with Gasteiger partial charge in [0.1, 0.15) is 0 Å². The van der Waals surface area contributed by atoms with Crippen LogP contribution in [-0.4, -0.2) is 41.3 Å². The highest BCUT2D eigenvalue weighted by Crippen LogP contribution is 2.42. The lowest BCUT2D eigenvalue weighted by atomic mass is 10.1. The summed E-state index contributed by atoms with van der Waals surface area (Å²) in [6, 6.07) is 4.62. The molecule has 0 unspecified atom stereocenters. The average Bonchev–Trinajstić information content (AvgIpc) is 2.60. The Hall–Kier alpha value is -2.16. The number of nitrogens with one attached hydrogen (secondary N) is 1. The van der Waals surface area contributed by atoms with Crippen molar-refractivity contribution in [3.05, 3.63) is 29.3 Å². The van der Waals surface area contributed by atoms with Crippen LogP contribution in [0.1, 0.15) is 6.42 Å². The zero-order chi connectivity index (χ0) is 18.6. The van der Waals surface area contributed by atoms with Crippen molar-refractivity contribution in [1.29, 1.82) is 0 Å². The Morgan fingerprint density at radius 3 is 2.48 bits per heavy atom. The van der Waals surface area contributed by atoms with E-state index in [0.29, 0.717) is 5.39 Å². The first-order valence-electron chi connectivity index (χ1n) is 6.97. The van der Waals surface area contributed by atoms with Crippen LogP contribution >= 0.6 is 11.6 Å². The molecule has 0 aliphatic heterocycles. The van der Waals surface area contributed by atoms with E-state index >= 15 is 0 Å². The Morgan fingerprint density at radius 2 is 1.92 bits per heavy atom. The number of fused-ring (bicyclic) bond motifs is 1. The van der Waals surface area contributed by atoms with Gasteiger partial charge in [-0.25, -0.2) is 8.42 Å². The zero-order valence-electron chi connectivity index (χ0n) is 13.3. The van der Waals surface area contributed by atoms with Gasteiger partial charge >= 0.3 is 0 Å². The highest BCUT2D eigenvalue weighted by Gasteiger charge is 2.24. The quantitative estimate of drug-likeness (QED) is 0.745. The number of ether oxygens (including phenoxy) is 2. The first-order valence-corrected chi connectivity index (χ1v) is 8.84. The normalized spacial score (nSPS) is 12.6. The molecule has 2 rings (SSSR count). The number of sulfonamides is 1. The van der Waals surface area contributed by atoms with Crippen molar-refractivity contribution in [1.82, 2.24) is 4.72 Å². The van der Waals surface area contributed by atoms with Crippen LogP contribution in [0, 0.1) is 0 Å². The maximum absolute atomic E-state index is 12.6. The molecule has 0 amide bonds. The number of carbonyl (C=O) groups excluding carboxylic acids is 2. The second-order valence-electron chi connectivity index (χ2n) is 4.92. The van der Waals surface area contributed by atoms with Gasteiger partial charge in [0.25, 0.3) is 0 Å². The molecular formula is C16H14ClNO6S. The molecule has 9 heteroatoms. The van der Waals surface area contributed by atoms with E-state index in [-0.39, 0.29) is 26.8 Å². The molecule has 1 atom stereocenters. The van der Waals surface area contributed by atoms with Crippen molar-refractivity contribution >= 4 is 45.0 Å². The van der Waals surface area contributed by atoms with E-state index in [4.69, 9.17) is 21.1 Å². The summed E-state index contributed by atoms with van der Waals surface area (Å²) in [5.41, 5.74) is 0. The number of hydrogen-bond acceptors (Lipinski definition) is 6. The van der Waals surface area contributed by atoms with Crippen LogP contribution in [-0.2, 0) is 19.6 Å². The summed E-state index contributed by atoms with van der Waals surface area (Å²) in [5.74, 6) is 0.524. The molecule has 25 heavy (non-hydrogen) atoms. The first kappa shape index (κ1) is 19.2. The molecule has 0 heterocycles. The Balaban J connectivity index is 2.68. The maximum atomic E-state index is 12.6. The lowest BCUT2D eigenvalue weighted by Gasteiger charge is -2.15. The van der Waals surface area contributed by atoms with E-state index in [1.165, 1.54) is 45.0 Å². The molecule has 0 saturated carbocycles. The third-order valence-corrected chi connectivity index (χ3v) is 5.35. The first-order chi connectivity index (χ1) is 11.9. The second-order valence-corrected chi connectivity index (χ2v) is 6.98. The molecule has 0 saturated heterocycles. The van der Waals surface area contributed by atoms with Gasteiger partial charge in [-0.15, -0.1) is 0 Å². The van der Waals surface area contributed by atoms with Crippen molar-refractivity contribution in [2.45, 2.75) is 17.4 Å². The molecule has 0 aliphatic carbocycles. The zero-order valence-corrected chi connectivity index (χ0v) is 14.9. The van der Waals surface area contributed by atoms with Gasteiger partial charge in [-0.2, -0.15) is 4.72 Å². The van der Waals surface area contributed by atoms with Crippen LogP contribution < -0.4 is 14.2 Å². The minimum Gasteiger partial charge on any atom is -0.493 e. The standard InChI is InChI=1S/C16H14ClNO6S/c1-23-13-8-12-11(15(17)16(13)24-2)4-3-5-14(12)25(21,22)18-10(9-20)6-7-19/h3-5,8,10,18H,6H2,1-2H3/t10-/m0/s1. The Labute approximate surface area is 149 Å². The summed E-state index contributed by atoms with van der Waals surface area (Å²) < 4.78 is 37.7. The van der Waals surface area contributed by atoms with Gasteiger partial charge in [0.05, 0.1) is 30.2 Å². The van der Waals surface area contributed by atoms with Gasteiger partial charge < -0.3 is 9.47 Å². The SMILES string of the molecule is COc1cc2c(S(=O)(=O)N[C@H]([C]=O)C[C]=O)cccc2c(Cl)c1OC. The van der Waals surface area contributed by atoms with Crippen molar-refractivity contribution in [2.24, 2.45) is 0 Å². The lowest BCUT2D eigenvalue weighted by molar-refractivity contribution is 0.356. The average molecular weight is 384 g/mol. The van der Waals surface area contributed by atoms with Crippen LogP contribution in [0.4, 0.5) is 0 Å². The van der Waals surface area contributed by atoms with Gasteiger partial charge in [-0.05, 0) is 12.1 Å². The summed E-state index contributed by atoms with van der Waals surface area (Å²) in [6.07, 6.45) is 2.49. The fourth-order valence-electron chi connectivity index (χ4n) is 2.33. The fourth-order valence-corrected chi connectivity index (χ4v) is 4.01. The molecule has 2 radical (unpaired) electrons. The molecule has 0 aliphatic rings. The fraction of sp³-hybridized carbons (Fsp3) is 0.250. The molecule has 1 N–H and O–H groups in total. The summed E-state index contributed by atoms with van der Waals surface area (Å²) in [7, 11) is -1.32. The Bertz CT molecular complexity index is 912. The van der Waals surface area contributed by atoms with Crippen molar-refractivity contribution < 1.29 is 27.5 Å². The van der Waals surface area contributed by atoms with Crippen molar-refractivity contribution in [3.8, 4) is 11.5 Å². The predicted octanol–water partition coefficient (Wildman–Crippen LogP) is 1.77. The monoisotopic (exact) mass is 383 g/mol. The third kappa shape index (κ3) is 3.76. The molecule has 7 nitrogen and oxygen atoms in total. The summed E-state index contributed by atoms with van der Waals surface area (Å²) in [6.45, 7) is 0. The molecule has 0 spiro atoms. The van der Waals surface area contributed by atoms with Crippen LogP contribution in [0.3, 0.4) is 0 Å². The van der Waals surface area contributed by atoms with E-state index in [0.717, 1.165) is 0 Å². The highest BCUT2D eigenvalue weighted by atomic mass is 35.5. The van der Waals surface area contributed by atoms with Crippen LogP contribution in [0.25, 0.3) is 10.8 Å². The van der Waals surface area contributed by atoms with Gasteiger partial charge in [-0.1, -0.05) is 23.7 Å². The maximum Gasteiger partial charge on any atom is 0.241 e. The molecular weight excluding hydrogens is 370 g/mol. The summed E-state index contributed by atoms with van der Waals surface area (Å²) in [5, 5.41) is 0.891. The largest absolute Gasteiger partial charge is 0.493 e. The van der Waals surface area contributed by atoms with Crippen molar-refractivity contribution in [3.63, 3.8) is 0 Å². The number of rotatable bonds is 8. The van der Waals surface area contributed by atoms with Gasteiger partial charge in [0.15, 0.2) is 11.5 Å². The number of halogens is 1. The summed E-state index contributed by atoms with van der Waals surface area (Å²) in [4.78, 5) is 21.1. The van der Waals surface area contributed by atoms with Crippen LogP contribution in [0.15, 0.2) is 29.2 Å². The predicted molar refractivity (Wildman–Crippen MR) is 92.2 cm³/mol. The minimum absolute atomic E-state index is 0.126. The molecule has 0 aromatic heterocycles. The second kappa shape index (κ2) is 7.81. The Morgan fingerprint density at radius 1 is 1.20 bits per heavy atom. The number of benzene rings is 2. The van der Waals surface area contributed by atoms with E-state index in [2.05, 4.69) is 4.72 Å². The van der Waals surface area contributed by atoms with E-state index in [1.807, 2.05) is 0 Å². The molecule has 2 aromatic carbocycles.